The van der Waals surface area contributed by atoms with Crippen LogP contribution in [-0.2, 0) is 4.74 Å². The van der Waals surface area contributed by atoms with Crippen LogP contribution in [0.2, 0.25) is 0 Å². The van der Waals surface area contributed by atoms with Crippen molar-refractivity contribution in [1.82, 2.24) is 9.80 Å². The Balaban J connectivity index is 3.70. The molecule has 0 aliphatic rings. The van der Waals surface area contributed by atoms with Gasteiger partial charge in [-0.25, -0.2) is 0 Å². The Labute approximate surface area is 82.8 Å². The second-order valence-corrected chi connectivity index (χ2v) is 3.51. The molecule has 0 heterocycles. The van der Waals surface area contributed by atoms with E-state index < -0.39 is 0 Å². The van der Waals surface area contributed by atoms with E-state index in [-0.39, 0.29) is 0 Å². The van der Waals surface area contributed by atoms with Gasteiger partial charge in [0.1, 0.15) is 0 Å². The fourth-order valence-corrected chi connectivity index (χ4v) is 1.16. The van der Waals surface area contributed by atoms with Gasteiger partial charge in [-0.15, -0.1) is 0 Å². The smallest absolute Gasteiger partial charge is 0.0980 e. The van der Waals surface area contributed by atoms with Crippen molar-refractivity contribution in [3.63, 3.8) is 0 Å². The molecule has 4 heteroatoms. The van der Waals surface area contributed by atoms with Crippen LogP contribution in [-0.4, -0.2) is 55.4 Å². The number of likely N-dealkylation sites (N-methyl/N-ethyl adjacent to an activating group) is 2. The molecular weight excluding hydrogens is 255 g/mol. The summed E-state index contributed by atoms with van der Waals surface area (Å²) >= 11 is 2.21. The van der Waals surface area contributed by atoms with E-state index in [0.717, 1.165) is 11.2 Å². The van der Waals surface area contributed by atoms with Crippen molar-refractivity contribution in [2.75, 3.05) is 39.4 Å². The van der Waals surface area contributed by atoms with Gasteiger partial charge in [0.15, 0.2) is 0 Å². The highest BCUT2D eigenvalue weighted by molar-refractivity contribution is 14.1. The first-order chi connectivity index (χ1) is 5.09. The monoisotopic (exact) mass is 272 g/mol. The van der Waals surface area contributed by atoms with Gasteiger partial charge in [-0.3, -0.25) is 9.80 Å². The minimum Gasteiger partial charge on any atom is -0.368 e. The van der Waals surface area contributed by atoms with Gasteiger partial charge in [0.05, 0.1) is 17.4 Å². The van der Waals surface area contributed by atoms with Gasteiger partial charge in [-0.2, -0.15) is 0 Å². The van der Waals surface area contributed by atoms with Crippen LogP contribution in [0.5, 0.6) is 0 Å². The molecule has 0 saturated heterocycles. The van der Waals surface area contributed by atoms with E-state index in [1.165, 1.54) is 0 Å². The number of nitrogens with zero attached hydrogens (tertiary/aromatic N) is 2. The molecule has 0 N–H and O–H groups in total. The highest BCUT2D eigenvalue weighted by Crippen LogP contribution is 1.98. The van der Waals surface area contributed by atoms with Gasteiger partial charge in [0.25, 0.3) is 0 Å². The van der Waals surface area contributed by atoms with Crippen LogP contribution in [0.1, 0.15) is 0 Å². The Kier molecular flexibility index (Phi) is 6.50. The Morgan fingerprint density at radius 1 is 1.18 bits per heavy atom. The molecule has 0 aliphatic heterocycles. The van der Waals surface area contributed by atoms with E-state index >= 15 is 0 Å². The van der Waals surface area contributed by atoms with Crippen molar-refractivity contribution in [2.24, 2.45) is 0 Å². The zero-order valence-corrected chi connectivity index (χ0v) is 9.83. The predicted octanol–water partition coefficient (Wildman–Crippen LogP) is 0.845. The van der Waals surface area contributed by atoms with E-state index in [1.54, 1.807) is 0 Å². The van der Waals surface area contributed by atoms with Gasteiger partial charge < -0.3 is 4.74 Å². The molecule has 0 saturated carbocycles. The summed E-state index contributed by atoms with van der Waals surface area (Å²) in [5, 5.41) is 0. The van der Waals surface area contributed by atoms with Gasteiger partial charge in [-0.05, 0) is 28.2 Å². The van der Waals surface area contributed by atoms with Crippen LogP contribution >= 0.6 is 22.6 Å². The van der Waals surface area contributed by atoms with E-state index in [9.17, 15) is 0 Å². The van der Waals surface area contributed by atoms with Gasteiger partial charge in [0.2, 0.25) is 0 Å². The molecule has 0 aromatic carbocycles. The number of hydrogen-bond donors (Lipinski definition) is 0. The Bertz CT molecular complexity index is 90.4. The minimum absolute atomic E-state index is 0.379. The Hall–Kier alpha value is 0.610. The van der Waals surface area contributed by atoms with Crippen LogP contribution in [0.4, 0.5) is 0 Å². The van der Waals surface area contributed by atoms with E-state index in [0.29, 0.717) is 6.17 Å². The summed E-state index contributed by atoms with van der Waals surface area (Å²) in [7, 11) is 8.23. The van der Waals surface area contributed by atoms with Crippen LogP contribution in [0.3, 0.4) is 0 Å². The van der Waals surface area contributed by atoms with Crippen molar-refractivity contribution in [3.05, 3.63) is 0 Å². The summed E-state index contributed by atoms with van der Waals surface area (Å²) in [4.78, 5) is 4.29. The van der Waals surface area contributed by atoms with Crippen molar-refractivity contribution in [1.29, 1.82) is 0 Å². The molecule has 0 fully saturated rings. The van der Waals surface area contributed by atoms with Crippen LogP contribution in [0.15, 0.2) is 0 Å². The minimum atomic E-state index is 0.379. The molecule has 0 amide bonds. The first-order valence-electron chi connectivity index (χ1n) is 3.56. The van der Waals surface area contributed by atoms with Crippen LogP contribution < -0.4 is 0 Å². The topological polar surface area (TPSA) is 15.7 Å². The van der Waals surface area contributed by atoms with E-state index in [2.05, 4.69) is 60.6 Å². The SMILES string of the molecule is CN(C)C(COCI)N(C)C. The summed E-state index contributed by atoms with van der Waals surface area (Å²) in [5.74, 6) is 0. The molecule has 0 aliphatic carbocycles. The molecule has 0 unspecified atom stereocenters. The fourth-order valence-electron chi connectivity index (χ4n) is 0.910. The van der Waals surface area contributed by atoms with Gasteiger partial charge >= 0.3 is 0 Å². The Morgan fingerprint density at radius 3 is 1.91 bits per heavy atom. The lowest BCUT2D eigenvalue weighted by molar-refractivity contribution is 0.0380. The lowest BCUT2D eigenvalue weighted by Gasteiger charge is -2.29. The molecule has 11 heavy (non-hydrogen) atoms. The third-order valence-electron chi connectivity index (χ3n) is 1.54. The van der Waals surface area contributed by atoms with Gasteiger partial charge in [-0.1, -0.05) is 22.6 Å². The highest BCUT2D eigenvalue weighted by Gasteiger charge is 2.12. The maximum absolute atomic E-state index is 5.32. The zero-order valence-electron chi connectivity index (χ0n) is 7.67. The quantitative estimate of drug-likeness (QED) is 0.419. The maximum Gasteiger partial charge on any atom is 0.0980 e. The normalized spacial score (nSPS) is 12.0. The van der Waals surface area contributed by atoms with Crippen molar-refractivity contribution < 1.29 is 4.74 Å². The highest BCUT2D eigenvalue weighted by atomic mass is 127. The number of rotatable bonds is 5. The first kappa shape index (κ1) is 11.6. The van der Waals surface area contributed by atoms with E-state index in [4.69, 9.17) is 4.74 Å². The van der Waals surface area contributed by atoms with Gasteiger partial charge in [0, 0.05) is 0 Å². The molecule has 0 aromatic heterocycles. The molecule has 0 bridgehead atoms. The number of alkyl halides is 1. The summed E-state index contributed by atoms with van der Waals surface area (Å²) in [6.07, 6.45) is 0.379. The molecule has 0 rings (SSSR count). The second kappa shape index (κ2) is 6.16. The third-order valence-corrected chi connectivity index (χ3v) is 1.98. The van der Waals surface area contributed by atoms with Crippen LogP contribution in [0, 0.1) is 0 Å². The third kappa shape index (κ3) is 4.95. The average Bonchev–Trinajstić information content (AvgIpc) is 1.87. The lowest BCUT2D eigenvalue weighted by atomic mass is 10.4. The molecule has 0 spiro atoms. The van der Waals surface area contributed by atoms with Crippen LogP contribution in [0.25, 0.3) is 0 Å². The summed E-state index contributed by atoms with van der Waals surface area (Å²) in [6, 6.07) is 0. The molecule has 3 nitrogen and oxygen atoms in total. The number of halogens is 1. The molecule has 0 radical (unpaired) electrons. The summed E-state index contributed by atoms with van der Waals surface area (Å²) < 4.78 is 6.08. The fraction of sp³-hybridized carbons (Fsp3) is 1.00. The largest absolute Gasteiger partial charge is 0.368 e. The predicted molar refractivity (Wildman–Crippen MR) is 56.0 cm³/mol. The maximum atomic E-state index is 5.32. The number of hydrogen-bond acceptors (Lipinski definition) is 3. The van der Waals surface area contributed by atoms with Crippen molar-refractivity contribution in [2.45, 2.75) is 6.17 Å². The standard InChI is InChI=1S/C7H17IN2O/c1-9(2)7(10(3)4)5-11-6-8/h7H,5-6H2,1-4H3. The first-order valence-corrected chi connectivity index (χ1v) is 5.08. The van der Waals surface area contributed by atoms with Crippen molar-refractivity contribution >= 4 is 22.6 Å². The summed E-state index contributed by atoms with van der Waals surface area (Å²) in [5.41, 5.74) is 0. The molecule has 68 valence electrons. The Morgan fingerprint density at radius 2 is 1.64 bits per heavy atom. The van der Waals surface area contributed by atoms with E-state index in [1.807, 2.05) is 0 Å². The molecular formula is C7H17IN2O. The lowest BCUT2D eigenvalue weighted by Crippen LogP contribution is -2.43. The average molecular weight is 272 g/mol. The summed E-state index contributed by atoms with van der Waals surface area (Å²) in [6.45, 7) is 0.767. The molecule has 0 atom stereocenters. The van der Waals surface area contributed by atoms with Crippen molar-refractivity contribution in [3.8, 4) is 0 Å². The number of ether oxygens (including phenoxy) is 1. The zero-order chi connectivity index (χ0) is 8.85. The molecule has 0 aromatic rings. The second-order valence-electron chi connectivity index (χ2n) is 2.89.